The number of carboxylic acids is 1. The predicted molar refractivity (Wildman–Crippen MR) is 97.9 cm³/mol. The Kier molecular flexibility index (Phi) is 3.60. The van der Waals surface area contributed by atoms with Crippen molar-refractivity contribution in [2.75, 3.05) is 12.9 Å². The summed E-state index contributed by atoms with van der Waals surface area (Å²) < 4.78 is 79.3. The normalized spacial score (nSPS) is 25.1. The Bertz CT molecular complexity index is 1300. The Morgan fingerprint density at radius 2 is 2.07 bits per heavy atom. The SMILES string of the molecule is CS(=O)(=O)O.[2H]C1([2H])C([2H])([2H])C1(N)c1c(F)cc2c(=O)c(C(=O)O)cn3c2c1OC[C@@H]3C. The first-order valence-electron chi connectivity index (χ1n) is 9.87. The number of ether oxygens (including phenoxy) is 1. The molecule has 28 heavy (non-hydrogen) atoms. The van der Waals surface area contributed by atoms with Crippen LogP contribution < -0.4 is 15.9 Å². The average Bonchev–Trinajstić information content (AvgIpc) is 2.94. The summed E-state index contributed by atoms with van der Waals surface area (Å²) in [5, 5.41) is 9.01. The van der Waals surface area contributed by atoms with E-state index < -0.39 is 62.8 Å². The summed E-state index contributed by atoms with van der Waals surface area (Å²) in [6.07, 6.45) is -3.26. The number of benzene rings is 1. The van der Waals surface area contributed by atoms with Gasteiger partial charge < -0.3 is 20.1 Å². The van der Waals surface area contributed by atoms with Gasteiger partial charge in [0.1, 0.15) is 18.0 Å². The fourth-order valence-corrected chi connectivity index (χ4v) is 2.94. The highest BCUT2D eigenvalue weighted by molar-refractivity contribution is 7.85. The van der Waals surface area contributed by atoms with Gasteiger partial charge in [0, 0.05) is 17.2 Å². The summed E-state index contributed by atoms with van der Waals surface area (Å²) in [6.45, 7) is 1.69. The zero-order chi connectivity index (χ0) is 24.6. The molecule has 0 saturated heterocycles. The van der Waals surface area contributed by atoms with Crippen LogP contribution in [0.1, 0.15) is 47.1 Å². The van der Waals surface area contributed by atoms with Crippen LogP contribution in [0.5, 0.6) is 5.75 Å². The molecular weight excluding hydrogens is 395 g/mol. The first-order chi connectivity index (χ1) is 14.4. The molecule has 1 fully saturated rings. The quantitative estimate of drug-likeness (QED) is 0.617. The molecule has 11 heteroatoms. The molecule has 2 aromatic rings. The van der Waals surface area contributed by atoms with Crippen molar-refractivity contribution < 1.29 is 37.5 Å². The van der Waals surface area contributed by atoms with E-state index in [0.29, 0.717) is 6.26 Å². The number of carbonyl (C=O) groups is 1. The van der Waals surface area contributed by atoms with Gasteiger partial charge in [0.25, 0.3) is 10.1 Å². The molecule has 2 heterocycles. The molecule has 1 aliphatic heterocycles. The number of hydrogen-bond donors (Lipinski definition) is 3. The zero-order valence-corrected chi connectivity index (χ0v) is 15.5. The van der Waals surface area contributed by atoms with Crippen molar-refractivity contribution in [3.8, 4) is 5.75 Å². The Balaban J connectivity index is 0.000000523. The van der Waals surface area contributed by atoms with Gasteiger partial charge in [0.15, 0.2) is 5.75 Å². The lowest BCUT2D eigenvalue weighted by Crippen LogP contribution is -2.30. The van der Waals surface area contributed by atoms with Crippen molar-refractivity contribution in [3.63, 3.8) is 0 Å². The molecule has 1 aliphatic carbocycles. The summed E-state index contributed by atoms with van der Waals surface area (Å²) in [6, 6.07) is 0.387. The number of aromatic nitrogens is 1. The molecule has 4 rings (SSSR count). The maximum absolute atomic E-state index is 15.0. The van der Waals surface area contributed by atoms with Gasteiger partial charge >= 0.3 is 5.97 Å². The highest BCUT2D eigenvalue weighted by Crippen LogP contribution is 2.50. The van der Waals surface area contributed by atoms with Crippen LogP contribution >= 0.6 is 0 Å². The second-order valence-corrected chi connectivity index (χ2v) is 7.96. The van der Waals surface area contributed by atoms with Crippen molar-refractivity contribution in [1.29, 1.82) is 0 Å². The van der Waals surface area contributed by atoms with Crippen LogP contribution in [0.4, 0.5) is 4.39 Å². The summed E-state index contributed by atoms with van der Waals surface area (Å²) in [5.41, 5.74) is 1.80. The van der Waals surface area contributed by atoms with E-state index in [1.807, 2.05) is 0 Å². The van der Waals surface area contributed by atoms with Crippen LogP contribution in [0.2, 0.25) is 0 Å². The molecule has 0 unspecified atom stereocenters. The lowest BCUT2D eigenvalue weighted by atomic mass is 9.98. The third kappa shape index (κ3) is 3.60. The van der Waals surface area contributed by atoms with E-state index in [1.54, 1.807) is 6.92 Å². The Morgan fingerprint density at radius 3 is 2.57 bits per heavy atom. The van der Waals surface area contributed by atoms with Crippen molar-refractivity contribution in [1.82, 2.24) is 4.57 Å². The second-order valence-electron chi connectivity index (χ2n) is 6.49. The molecule has 1 aromatic carbocycles. The zero-order valence-electron chi connectivity index (χ0n) is 18.7. The van der Waals surface area contributed by atoms with E-state index >= 15 is 0 Å². The minimum absolute atomic E-state index is 0.0113. The summed E-state index contributed by atoms with van der Waals surface area (Å²) in [5.74, 6) is -2.81. The van der Waals surface area contributed by atoms with Gasteiger partial charge in [-0.2, -0.15) is 8.42 Å². The van der Waals surface area contributed by atoms with E-state index in [4.69, 9.17) is 20.5 Å². The third-order valence-corrected chi connectivity index (χ3v) is 4.19. The first kappa shape index (κ1) is 15.4. The number of carboxylic acid groups (broad SMARTS) is 1. The van der Waals surface area contributed by atoms with Gasteiger partial charge in [-0.15, -0.1) is 0 Å². The minimum Gasteiger partial charge on any atom is -0.489 e. The number of nitrogens with zero attached hydrogens (tertiary/aromatic N) is 1. The molecule has 152 valence electrons. The molecule has 0 radical (unpaired) electrons. The molecule has 1 saturated carbocycles. The van der Waals surface area contributed by atoms with Gasteiger partial charge in [-0.25, -0.2) is 9.18 Å². The third-order valence-electron chi connectivity index (χ3n) is 4.19. The fourth-order valence-electron chi connectivity index (χ4n) is 2.94. The first-order valence-corrected chi connectivity index (χ1v) is 9.72. The van der Waals surface area contributed by atoms with Gasteiger partial charge in [-0.1, -0.05) is 0 Å². The van der Waals surface area contributed by atoms with Crippen LogP contribution in [-0.4, -0.2) is 41.5 Å². The van der Waals surface area contributed by atoms with Crippen molar-refractivity contribution >= 4 is 27.0 Å². The number of hydrogen-bond acceptors (Lipinski definition) is 6. The minimum atomic E-state index is -3.67. The van der Waals surface area contributed by atoms with Crippen LogP contribution in [0.3, 0.4) is 0 Å². The molecule has 9 nitrogen and oxygen atoms in total. The molecule has 1 aromatic heterocycles. The van der Waals surface area contributed by atoms with Crippen LogP contribution in [0.15, 0.2) is 17.1 Å². The van der Waals surface area contributed by atoms with Crippen LogP contribution in [0, 0.1) is 5.82 Å². The maximum atomic E-state index is 15.0. The largest absolute Gasteiger partial charge is 0.489 e. The highest BCUT2D eigenvalue weighted by Gasteiger charge is 2.46. The number of halogens is 1. The van der Waals surface area contributed by atoms with Crippen molar-refractivity contribution in [2.45, 2.75) is 31.3 Å². The van der Waals surface area contributed by atoms with Crippen molar-refractivity contribution in [3.05, 3.63) is 39.4 Å². The van der Waals surface area contributed by atoms with Gasteiger partial charge in [-0.05, 0) is 25.7 Å². The van der Waals surface area contributed by atoms with Crippen LogP contribution in [0.25, 0.3) is 10.9 Å². The topological polar surface area (TPSA) is 149 Å². The van der Waals surface area contributed by atoms with Gasteiger partial charge in [0.2, 0.25) is 5.43 Å². The van der Waals surface area contributed by atoms with E-state index in [0.717, 1.165) is 12.3 Å². The predicted octanol–water partition coefficient (Wildman–Crippen LogP) is 1.24. The monoisotopic (exact) mass is 418 g/mol. The summed E-state index contributed by atoms with van der Waals surface area (Å²) in [4.78, 5) is 23.9. The lowest BCUT2D eigenvalue weighted by Gasteiger charge is -2.29. The summed E-state index contributed by atoms with van der Waals surface area (Å²) >= 11 is 0. The second kappa shape index (κ2) is 6.54. The maximum Gasteiger partial charge on any atom is 0.341 e. The molecule has 1 atom stereocenters. The molecule has 0 amide bonds. The molecule has 2 aliphatic rings. The Morgan fingerprint density at radius 1 is 1.50 bits per heavy atom. The number of aromatic carboxylic acids is 1. The number of pyridine rings is 1. The molecular formula is C17H19FN2O7S. The number of nitrogens with two attached hydrogens (primary N) is 1. The van der Waals surface area contributed by atoms with Crippen LogP contribution in [-0.2, 0) is 15.7 Å². The standard InChI is InChI=1S/C16H15FN2O4.CH4O3S/c1-7-6-23-14-11(16(18)2-3-16)10(17)4-8-12(14)19(7)5-9(13(8)20)15(21)22;1-5(2,3)4/h4-5,7H,2-3,6,18H2,1H3,(H,21,22);1H3,(H,2,3,4)/t7-;/m0./s1/i2D2,3D2;. The Hall–Kier alpha value is -2.50. The molecule has 4 N–H and O–H groups in total. The highest BCUT2D eigenvalue weighted by atomic mass is 32.2. The number of rotatable bonds is 2. The van der Waals surface area contributed by atoms with Gasteiger partial charge in [0.05, 0.1) is 28.8 Å². The fraction of sp³-hybridized carbons (Fsp3) is 0.412. The van der Waals surface area contributed by atoms with Crippen molar-refractivity contribution in [2.24, 2.45) is 5.73 Å². The van der Waals surface area contributed by atoms with E-state index in [2.05, 4.69) is 0 Å². The summed E-state index contributed by atoms with van der Waals surface area (Å²) in [7, 11) is -3.67. The van der Waals surface area contributed by atoms with E-state index in [9.17, 15) is 27.5 Å². The smallest absolute Gasteiger partial charge is 0.341 e. The molecule has 0 bridgehead atoms. The van der Waals surface area contributed by atoms with E-state index in [-0.39, 0.29) is 23.3 Å². The van der Waals surface area contributed by atoms with Gasteiger partial charge in [-0.3, -0.25) is 9.35 Å². The Labute approximate surface area is 164 Å². The average molecular weight is 418 g/mol. The van der Waals surface area contributed by atoms with E-state index in [1.165, 1.54) is 4.57 Å². The lowest BCUT2D eigenvalue weighted by molar-refractivity contribution is 0.0694. The molecule has 0 spiro atoms.